The third-order valence-electron chi connectivity index (χ3n) is 6.38. The molecule has 0 bridgehead atoms. The number of imidazole rings is 1. The minimum atomic E-state index is -2.39. The Labute approximate surface area is 194 Å². The van der Waals surface area contributed by atoms with Gasteiger partial charge in [-0.2, -0.15) is 5.10 Å². The average Bonchev–Trinajstić information content (AvgIpc) is 3.26. The third kappa shape index (κ3) is 3.91. The van der Waals surface area contributed by atoms with Crippen molar-refractivity contribution in [1.29, 1.82) is 0 Å². The van der Waals surface area contributed by atoms with Gasteiger partial charge in [-0.25, -0.2) is 13.8 Å². The van der Waals surface area contributed by atoms with Crippen LogP contribution in [0.1, 0.15) is 23.2 Å². The Bertz CT molecular complexity index is 1350. The summed E-state index contributed by atoms with van der Waals surface area (Å²) in [6.45, 7) is 0. The van der Waals surface area contributed by atoms with E-state index in [9.17, 15) is 13.6 Å². The number of nitrogens with zero attached hydrogens (tertiary/aromatic N) is 4. The maximum atomic E-state index is 13.0. The molecule has 1 saturated carbocycles. The molecule has 5 rings (SSSR count). The Balaban J connectivity index is 1.50. The van der Waals surface area contributed by atoms with Crippen molar-refractivity contribution in [3.8, 4) is 33.9 Å². The summed E-state index contributed by atoms with van der Waals surface area (Å²) >= 11 is 0. The van der Waals surface area contributed by atoms with Crippen molar-refractivity contribution in [3.05, 3.63) is 54.6 Å². The molecule has 9 heteroatoms. The van der Waals surface area contributed by atoms with Crippen molar-refractivity contribution < 1.29 is 23.0 Å². The van der Waals surface area contributed by atoms with Gasteiger partial charge in [0.2, 0.25) is 6.43 Å². The zero-order valence-corrected chi connectivity index (χ0v) is 19.0. The summed E-state index contributed by atoms with van der Waals surface area (Å²) in [4.78, 5) is 17.5. The molecule has 1 aromatic carbocycles. The smallest absolute Gasteiger partial charge is 0.241 e. The average molecular weight is 466 g/mol. The highest BCUT2D eigenvalue weighted by atomic mass is 19.3. The summed E-state index contributed by atoms with van der Waals surface area (Å²) in [7, 11) is 4.82. The fraction of sp³-hybridized carbons (Fsp3) is 0.320. The van der Waals surface area contributed by atoms with E-state index in [1.807, 2.05) is 36.0 Å². The lowest BCUT2D eigenvalue weighted by Crippen LogP contribution is -2.08. The van der Waals surface area contributed by atoms with Gasteiger partial charge in [-0.05, 0) is 42.2 Å². The first kappa shape index (κ1) is 22.1. The highest BCUT2D eigenvalue weighted by Crippen LogP contribution is 2.47. The minimum absolute atomic E-state index is 0.0494. The van der Waals surface area contributed by atoms with Crippen molar-refractivity contribution in [3.63, 3.8) is 0 Å². The summed E-state index contributed by atoms with van der Waals surface area (Å²) in [5.74, 6) is -0.567. The molecule has 1 aliphatic carbocycles. The van der Waals surface area contributed by atoms with Crippen molar-refractivity contribution in [2.45, 2.75) is 19.3 Å². The van der Waals surface area contributed by atoms with Gasteiger partial charge in [-0.15, -0.1) is 0 Å². The van der Waals surface area contributed by atoms with Crippen LogP contribution in [0, 0.1) is 11.8 Å². The zero-order chi connectivity index (χ0) is 24.0. The Kier molecular flexibility index (Phi) is 5.55. The second-order valence-corrected chi connectivity index (χ2v) is 8.57. The SMILES string of the molecule is COc1cc(-c2cnc3cc(-c4cnn(C)c4)ccn23)cc(OC)c1C(=O)C[C@H]1C[C@@H]1C(F)F. The number of carbonyl (C=O) groups excluding carboxylic acids is 1. The number of rotatable bonds is 8. The second kappa shape index (κ2) is 8.55. The Morgan fingerprint density at radius 3 is 2.44 bits per heavy atom. The van der Waals surface area contributed by atoms with E-state index >= 15 is 0 Å². The van der Waals surface area contributed by atoms with E-state index in [1.54, 1.807) is 29.2 Å². The number of ether oxygens (including phenoxy) is 2. The van der Waals surface area contributed by atoms with Crippen LogP contribution in [0.3, 0.4) is 0 Å². The molecule has 176 valence electrons. The van der Waals surface area contributed by atoms with Crippen molar-refractivity contribution in [1.82, 2.24) is 19.2 Å². The summed E-state index contributed by atoms with van der Waals surface area (Å²) in [6.07, 6.45) is 5.43. The first-order valence-corrected chi connectivity index (χ1v) is 10.9. The number of pyridine rings is 1. The summed E-state index contributed by atoms with van der Waals surface area (Å²) in [5, 5.41) is 4.22. The number of Topliss-reactive ketones (excluding diaryl/α,β-unsaturated/α-hetero) is 1. The quantitative estimate of drug-likeness (QED) is 0.346. The van der Waals surface area contributed by atoms with Crippen molar-refractivity contribution >= 4 is 11.4 Å². The largest absolute Gasteiger partial charge is 0.496 e. The fourth-order valence-corrected chi connectivity index (χ4v) is 4.43. The lowest BCUT2D eigenvalue weighted by molar-refractivity contribution is 0.0940. The summed E-state index contributed by atoms with van der Waals surface area (Å²) < 4.78 is 40.5. The van der Waals surface area contributed by atoms with Gasteiger partial charge in [-0.3, -0.25) is 13.9 Å². The molecule has 1 fully saturated rings. The van der Waals surface area contributed by atoms with Gasteiger partial charge >= 0.3 is 0 Å². The molecule has 7 nitrogen and oxygen atoms in total. The number of methoxy groups -OCH3 is 2. The fourth-order valence-electron chi connectivity index (χ4n) is 4.43. The molecule has 34 heavy (non-hydrogen) atoms. The second-order valence-electron chi connectivity index (χ2n) is 8.57. The van der Waals surface area contributed by atoms with E-state index < -0.39 is 12.3 Å². The number of aromatic nitrogens is 4. The Morgan fingerprint density at radius 2 is 1.85 bits per heavy atom. The number of halogens is 2. The maximum Gasteiger partial charge on any atom is 0.241 e. The number of fused-ring (bicyclic) bond motifs is 1. The highest BCUT2D eigenvalue weighted by Gasteiger charge is 2.45. The molecule has 0 aliphatic heterocycles. The van der Waals surface area contributed by atoms with Gasteiger partial charge in [0.05, 0.1) is 32.3 Å². The van der Waals surface area contributed by atoms with Gasteiger partial charge in [-0.1, -0.05) is 0 Å². The van der Waals surface area contributed by atoms with Gasteiger partial charge in [0.15, 0.2) is 5.78 Å². The molecule has 3 aromatic heterocycles. The molecule has 2 atom stereocenters. The van der Waals surface area contributed by atoms with E-state index in [1.165, 1.54) is 14.2 Å². The van der Waals surface area contributed by atoms with Crippen LogP contribution in [0.2, 0.25) is 0 Å². The molecule has 0 N–H and O–H groups in total. The topological polar surface area (TPSA) is 70.7 Å². The van der Waals surface area contributed by atoms with Crippen LogP contribution >= 0.6 is 0 Å². The normalized spacial score (nSPS) is 17.4. The van der Waals surface area contributed by atoms with E-state index in [0.29, 0.717) is 17.9 Å². The Hall–Kier alpha value is -3.75. The van der Waals surface area contributed by atoms with Crippen molar-refractivity contribution in [2.75, 3.05) is 14.2 Å². The predicted molar refractivity (Wildman–Crippen MR) is 122 cm³/mol. The molecule has 4 aromatic rings. The van der Waals surface area contributed by atoms with Gasteiger partial charge in [0.25, 0.3) is 0 Å². The number of carbonyl (C=O) groups is 1. The molecular formula is C25H24F2N4O3. The van der Waals surface area contributed by atoms with E-state index in [4.69, 9.17) is 9.47 Å². The molecule has 0 saturated heterocycles. The molecule has 0 amide bonds. The van der Waals surface area contributed by atoms with Crippen LogP contribution < -0.4 is 9.47 Å². The lowest BCUT2D eigenvalue weighted by atomic mass is 9.99. The van der Waals surface area contributed by atoms with Crippen LogP contribution in [0.5, 0.6) is 11.5 Å². The zero-order valence-electron chi connectivity index (χ0n) is 19.0. The van der Waals surface area contributed by atoms with Crippen LogP contribution in [0.25, 0.3) is 28.0 Å². The lowest BCUT2D eigenvalue weighted by Gasteiger charge is -2.15. The number of alkyl halides is 2. The van der Waals surface area contributed by atoms with Gasteiger partial charge < -0.3 is 9.47 Å². The third-order valence-corrected chi connectivity index (χ3v) is 6.38. The minimum Gasteiger partial charge on any atom is -0.496 e. The first-order valence-electron chi connectivity index (χ1n) is 10.9. The van der Waals surface area contributed by atoms with Crippen LogP contribution in [-0.4, -0.2) is 45.6 Å². The van der Waals surface area contributed by atoms with Crippen LogP contribution in [0.15, 0.2) is 49.1 Å². The predicted octanol–water partition coefficient (Wildman–Crippen LogP) is 4.89. The van der Waals surface area contributed by atoms with Crippen LogP contribution in [-0.2, 0) is 7.05 Å². The molecule has 0 radical (unpaired) electrons. The van der Waals surface area contributed by atoms with E-state index in [0.717, 1.165) is 28.0 Å². The monoisotopic (exact) mass is 466 g/mol. The van der Waals surface area contributed by atoms with Crippen molar-refractivity contribution in [2.24, 2.45) is 18.9 Å². The molecular weight excluding hydrogens is 442 g/mol. The number of benzene rings is 1. The number of hydrogen-bond donors (Lipinski definition) is 0. The molecule has 0 unspecified atom stereocenters. The number of ketones is 1. The number of hydrogen-bond acceptors (Lipinski definition) is 5. The molecule has 0 spiro atoms. The number of aryl methyl sites for hydroxylation is 1. The molecule has 1 aliphatic rings. The highest BCUT2D eigenvalue weighted by molar-refractivity contribution is 6.02. The first-order chi connectivity index (χ1) is 16.4. The van der Waals surface area contributed by atoms with Crippen LogP contribution in [0.4, 0.5) is 8.78 Å². The van der Waals surface area contributed by atoms with Gasteiger partial charge in [0, 0.05) is 42.9 Å². The summed E-state index contributed by atoms with van der Waals surface area (Å²) in [5.41, 5.74) is 4.57. The summed E-state index contributed by atoms with van der Waals surface area (Å²) in [6, 6.07) is 7.47. The molecule has 3 heterocycles. The van der Waals surface area contributed by atoms with Gasteiger partial charge in [0.1, 0.15) is 22.7 Å². The van der Waals surface area contributed by atoms with E-state index in [-0.39, 0.29) is 23.7 Å². The maximum absolute atomic E-state index is 13.0. The van der Waals surface area contributed by atoms with E-state index in [2.05, 4.69) is 10.1 Å². The standard InChI is InChI=1S/C25H24F2N4O3/c1-30-13-17(11-29-30)14-4-5-31-19(12-28-23(31)10-14)16-8-21(33-2)24(22(9-16)34-3)20(32)7-15-6-18(15)25(26)27/h4-5,8-13,15,18,25H,6-7H2,1-3H3/t15-,18+/m1/s1. The Morgan fingerprint density at radius 1 is 1.12 bits per heavy atom.